The highest BCUT2D eigenvalue weighted by atomic mass is 19.1. The third-order valence-electron chi connectivity index (χ3n) is 3.45. The monoisotopic (exact) mass is 346 g/mol. The van der Waals surface area contributed by atoms with E-state index in [9.17, 15) is 9.18 Å². The summed E-state index contributed by atoms with van der Waals surface area (Å²) in [5.41, 5.74) is 1.72. The highest BCUT2D eigenvalue weighted by molar-refractivity contribution is 5.94. The number of carbonyl (C=O) groups is 1. The molecule has 0 saturated heterocycles. The molecule has 1 amide bonds. The molecule has 0 aromatic heterocycles. The van der Waals surface area contributed by atoms with Crippen LogP contribution >= 0.6 is 0 Å². The fraction of sp³-hybridized carbons (Fsp3) is 0.316. The molecule has 2 aromatic rings. The minimum Gasteiger partial charge on any atom is -0.490 e. The van der Waals surface area contributed by atoms with Crippen molar-refractivity contribution in [2.75, 3.05) is 30.4 Å². The summed E-state index contributed by atoms with van der Waals surface area (Å²) in [4.78, 5) is 12.1. The third-order valence-corrected chi connectivity index (χ3v) is 3.45. The van der Waals surface area contributed by atoms with Crippen molar-refractivity contribution in [1.82, 2.24) is 0 Å². The molecule has 0 fully saturated rings. The van der Waals surface area contributed by atoms with Gasteiger partial charge in [-0.15, -0.1) is 0 Å². The number of carbonyl (C=O) groups excluding carboxylic acids is 1. The maximum Gasteiger partial charge on any atom is 0.243 e. The molecule has 0 bridgehead atoms. The average Bonchev–Trinajstić information content (AvgIpc) is 2.59. The molecule has 2 aromatic carbocycles. The number of ether oxygens (including phenoxy) is 2. The zero-order chi connectivity index (χ0) is 18.2. The summed E-state index contributed by atoms with van der Waals surface area (Å²) in [6.07, 6.45) is 0. The summed E-state index contributed by atoms with van der Waals surface area (Å²) in [6, 6.07) is 9.99. The van der Waals surface area contributed by atoms with Crippen LogP contribution in [0.25, 0.3) is 0 Å². The van der Waals surface area contributed by atoms with Gasteiger partial charge in [-0.05, 0) is 50.6 Å². The summed E-state index contributed by atoms with van der Waals surface area (Å²) < 4.78 is 24.5. The second kappa shape index (κ2) is 8.92. The Bertz CT molecular complexity index is 735. The Kier molecular flexibility index (Phi) is 6.62. The van der Waals surface area contributed by atoms with Crippen LogP contribution in [0.4, 0.5) is 15.8 Å². The van der Waals surface area contributed by atoms with Crippen molar-refractivity contribution in [2.45, 2.75) is 20.8 Å². The van der Waals surface area contributed by atoms with E-state index in [1.165, 1.54) is 6.07 Å². The van der Waals surface area contributed by atoms with Crippen LogP contribution in [0.3, 0.4) is 0 Å². The molecule has 0 atom stereocenters. The van der Waals surface area contributed by atoms with E-state index in [2.05, 4.69) is 10.6 Å². The van der Waals surface area contributed by atoms with Crippen molar-refractivity contribution in [1.29, 1.82) is 0 Å². The van der Waals surface area contributed by atoms with E-state index in [0.29, 0.717) is 41.7 Å². The van der Waals surface area contributed by atoms with Crippen LogP contribution in [0.1, 0.15) is 19.4 Å². The number of hydrogen-bond acceptors (Lipinski definition) is 4. The predicted molar refractivity (Wildman–Crippen MR) is 97.0 cm³/mol. The molecule has 25 heavy (non-hydrogen) atoms. The van der Waals surface area contributed by atoms with Crippen molar-refractivity contribution < 1.29 is 18.7 Å². The summed E-state index contributed by atoms with van der Waals surface area (Å²) in [6.45, 7) is 6.52. The molecule has 2 N–H and O–H groups in total. The predicted octanol–water partition coefficient (Wildman–Crippen LogP) is 3.98. The Morgan fingerprint density at radius 3 is 2.36 bits per heavy atom. The van der Waals surface area contributed by atoms with Crippen molar-refractivity contribution in [3.05, 3.63) is 47.8 Å². The van der Waals surface area contributed by atoms with E-state index in [1.807, 2.05) is 13.8 Å². The molecule has 0 aliphatic rings. The second-order valence-electron chi connectivity index (χ2n) is 5.39. The first-order valence-electron chi connectivity index (χ1n) is 8.23. The van der Waals surface area contributed by atoms with Gasteiger partial charge in [0.15, 0.2) is 11.5 Å². The Balaban J connectivity index is 1.97. The normalized spacial score (nSPS) is 10.2. The fourth-order valence-electron chi connectivity index (χ4n) is 2.22. The van der Waals surface area contributed by atoms with Crippen LogP contribution in [0.2, 0.25) is 0 Å². The number of amides is 1. The van der Waals surface area contributed by atoms with E-state index < -0.39 is 0 Å². The van der Waals surface area contributed by atoms with Crippen LogP contribution in [0.5, 0.6) is 11.5 Å². The van der Waals surface area contributed by atoms with Gasteiger partial charge in [0, 0.05) is 17.4 Å². The lowest BCUT2D eigenvalue weighted by Gasteiger charge is -2.13. The molecule has 0 aliphatic carbocycles. The van der Waals surface area contributed by atoms with Gasteiger partial charge in [0.1, 0.15) is 5.82 Å². The van der Waals surface area contributed by atoms with Gasteiger partial charge in [-0.1, -0.05) is 6.07 Å². The van der Waals surface area contributed by atoms with Gasteiger partial charge in [-0.3, -0.25) is 4.79 Å². The lowest BCUT2D eigenvalue weighted by atomic mass is 10.2. The molecular weight excluding hydrogens is 323 g/mol. The first-order valence-corrected chi connectivity index (χ1v) is 8.23. The van der Waals surface area contributed by atoms with E-state index in [0.717, 1.165) is 0 Å². The van der Waals surface area contributed by atoms with Crippen molar-refractivity contribution >= 4 is 17.3 Å². The number of halogens is 1. The van der Waals surface area contributed by atoms with Crippen molar-refractivity contribution in [3.63, 3.8) is 0 Å². The molecule has 2 rings (SSSR count). The van der Waals surface area contributed by atoms with Gasteiger partial charge in [0.2, 0.25) is 5.91 Å². The van der Waals surface area contributed by atoms with Gasteiger partial charge < -0.3 is 20.1 Å². The lowest BCUT2D eigenvalue weighted by Crippen LogP contribution is -2.21. The van der Waals surface area contributed by atoms with Gasteiger partial charge >= 0.3 is 0 Å². The third kappa shape index (κ3) is 5.38. The molecule has 134 valence electrons. The smallest absolute Gasteiger partial charge is 0.243 e. The summed E-state index contributed by atoms with van der Waals surface area (Å²) in [7, 11) is 0. The minimum absolute atomic E-state index is 0.0275. The van der Waals surface area contributed by atoms with Crippen LogP contribution in [-0.2, 0) is 4.79 Å². The highest BCUT2D eigenvalue weighted by Gasteiger charge is 2.09. The standard InChI is InChI=1S/C19H23FN2O3/c1-4-24-17-9-8-15(11-18(17)25-5-2)22-19(23)12-21-14-7-6-13(3)16(20)10-14/h6-11,21H,4-5,12H2,1-3H3,(H,22,23). The number of nitrogens with one attached hydrogen (secondary N) is 2. The number of benzene rings is 2. The minimum atomic E-state index is -0.307. The van der Waals surface area contributed by atoms with E-state index in [1.54, 1.807) is 37.3 Å². The zero-order valence-electron chi connectivity index (χ0n) is 14.7. The highest BCUT2D eigenvalue weighted by Crippen LogP contribution is 2.30. The van der Waals surface area contributed by atoms with Gasteiger partial charge in [-0.25, -0.2) is 4.39 Å². The molecule has 0 spiro atoms. The SMILES string of the molecule is CCOc1ccc(NC(=O)CNc2ccc(C)c(F)c2)cc1OCC. The molecule has 5 nitrogen and oxygen atoms in total. The number of hydrogen-bond donors (Lipinski definition) is 2. The maximum absolute atomic E-state index is 13.5. The Morgan fingerprint density at radius 1 is 1.00 bits per heavy atom. The fourth-order valence-corrected chi connectivity index (χ4v) is 2.22. The Morgan fingerprint density at radius 2 is 1.68 bits per heavy atom. The summed E-state index contributed by atoms with van der Waals surface area (Å²) in [5.74, 6) is 0.664. The lowest BCUT2D eigenvalue weighted by molar-refractivity contribution is -0.114. The molecule has 0 aliphatic heterocycles. The number of anilines is 2. The van der Waals surface area contributed by atoms with Crippen LogP contribution < -0.4 is 20.1 Å². The first-order chi connectivity index (χ1) is 12.0. The topological polar surface area (TPSA) is 59.6 Å². The van der Waals surface area contributed by atoms with E-state index in [-0.39, 0.29) is 18.3 Å². The zero-order valence-corrected chi connectivity index (χ0v) is 14.7. The van der Waals surface area contributed by atoms with Crippen molar-refractivity contribution in [2.24, 2.45) is 0 Å². The molecular formula is C19H23FN2O3. The Hall–Kier alpha value is -2.76. The van der Waals surface area contributed by atoms with Crippen molar-refractivity contribution in [3.8, 4) is 11.5 Å². The largest absolute Gasteiger partial charge is 0.490 e. The first kappa shape index (κ1) is 18.6. The average molecular weight is 346 g/mol. The van der Waals surface area contributed by atoms with E-state index >= 15 is 0 Å². The summed E-state index contributed by atoms with van der Waals surface area (Å²) in [5, 5.41) is 5.67. The van der Waals surface area contributed by atoms with Gasteiger partial charge in [0.05, 0.1) is 19.8 Å². The maximum atomic E-state index is 13.5. The second-order valence-corrected chi connectivity index (χ2v) is 5.39. The molecule has 0 saturated carbocycles. The Labute approximate surface area is 147 Å². The van der Waals surface area contributed by atoms with Gasteiger partial charge in [-0.2, -0.15) is 0 Å². The molecule has 0 unspecified atom stereocenters. The number of rotatable bonds is 8. The summed E-state index contributed by atoms with van der Waals surface area (Å²) >= 11 is 0. The quantitative estimate of drug-likeness (QED) is 0.759. The van der Waals surface area contributed by atoms with Crippen LogP contribution in [0, 0.1) is 12.7 Å². The number of aryl methyl sites for hydroxylation is 1. The van der Waals surface area contributed by atoms with Crippen LogP contribution in [-0.4, -0.2) is 25.7 Å². The van der Waals surface area contributed by atoms with Gasteiger partial charge in [0.25, 0.3) is 0 Å². The van der Waals surface area contributed by atoms with Crippen LogP contribution in [0.15, 0.2) is 36.4 Å². The molecule has 6 heteroatoms. The molecule has 0 heterocycles. The molecule has 0 radical (unpaired) electrons. The van der Waals surface area contributed by atoms with E-state index in [4.69, 9.17) is 9.47 Å².